The van der Waals surface area contributed by atoms with Crippen LogP contribution in [-0.4, -0.2) is 17.9 Å². The van der Waals surface area contributed by atoms with Gasteiger partial charge in [0.05, 0.1) is 28.1 Å². The number of hydrogen-bond acceptors (Lipinski definition) is 6. The fourth-order valence-corrected chi connectivity index (χ4v) is 3.43. The van der Waals surface area contributed by atoms with Crippen molar-refractivity contribution in [3.8, 4) is 22.8 Å². The summed E-state index contributed by atoms with van der Waals surface area (Å²) in [5, 5.41) is 22.1. The largest absolute Gasteiger partial charge is 0.867 e. The van der Waals surface area contributed by atoms with Gasteiger partial charge in [0.15, 0.2) is 17.8 Å². The summed E-state index contributed by atoms with van der Waals surface area (Å²) in [6.45, 7) is 0.000603. The van der Waals surface area contributed by atoms with Crippen LogP contribution in [0.5, 0.6) is 11.5 Å². The van der Waals surface area contributed by atoms with Gasteiger partial charge >= 0.3 is 5.97 Å². The number of aromatic carboxylic acids is 1. The second-order valence-electron chi connectivity index (χ2n) is 5.78. The molecule has 0 fully saturated rings. The van der Waals surface area contributed by atoms with E-state index in [1.165, 1.54) is 24.3 Å². The van der Waals surface area contributed by atoms with Crippen molar-refractivity contribution in [2.75, 3.05) is 6.79 Å². The molecule has 3 aromatic rings. The lowest BCUT2D eigenvalue weighted by molar-refractivity contribution is -0.270. The SMILES string of the molecule is O=C(O)c1cc2c(c(-c3oc4c(Cl)cc(Cl)cc4c(=O)c3[O-])c1)OCOC2. The Morgan fingerprint density at radius 3 is 2.70 bits per heavy atom. The predicted octanol–water partition coefficient (Wildman–Crippen LogP) is 3.41. The number of benzene rings is 2. The van der Waals surface area contributed by atoms with Crippen molar-refractivity contribution in [2.24, 2.45) is 0 Å². The maximum absolute atomic E-state index is 12.6. The van der Waals surface area contributed by atoms with Crippen LogP contribution in [0.1, 0.15) is 15.9 Å². The van der Waals surface area contributed by atoms with Crippen LogP contribution in [-0.2, 0) is 11.3 Å². The first-order chi connectivity index (χ1) is 12.9. The van der Waals surface area contributed by atoms with E-state index >= 15 is 0 Å². The van der Waals surface area contributed by atoms with Crippen LogP contribution in [0.25, 0.3) is 22.3 Å². The molecule has 0 atom stereocenters. The third kappa shape index (κ3) is 2.90. The summed E-state index contributed by atoms with van der Waals surface area (Å²) in [6, 6.07) is 5.24. The van der Waals surface area contributed by atoms with Crippen molar-refractivity contribution in [1.82, 2.24) is 0 Å². The van der Waals surface area contributed by atoms with E-state index in [0.717, 1.165) is 0 Å². The Labute approximate surface area is 161 Å². The fourth-order valence-electron chi connectivity index (χ4n) is 2.89. The summed E-state index contributed by atoms with van der Waals surface area (Å²) < 4.78 is 16.2. The normalized spacial score (nSPS) is 13.3. The number of carboxylic acids is 1. The van der Waals surface area contributed by atoms with E-state index in [2.05, 4.69) is 0 Å². The van der Waals surface area contributed by atoms with E-state index in [1.807, 2.05) is 0 Å². The lowest BCUT2D eigenvalue weighted by Gasteiger charge is -2.23. The molecule has 1 aliphatic rings. The van der Waals surface area contributed by atoms with Crippen molar-refractivity contribution < 1.29 is 28.9 Å². The molecule has 0 bridgehead atoms. The third-order valence-corrected chi connectivity index (χ3v) is 4.57. The van der Waals surface area contributed by atoms with E-state index in [0.29, 0.717) is 5.56 Å². The zero-order chi connectivity index (χ0) is 19.3. The minimum atomic E-state index is -1.22. The van der Waals surface area contributed by atoms with Gasteiger partial charge in [-0.3, -0.25) is 4.79 Å². The van der Waals surface area contributed by atoms with Gasteiger partial charge in [-0.05, 0) is 30.0 Å². The second-order valence-corrected chi connectivity index (χ2v) is 6.63. The van der Waals surface area contributed by atoms with Gasteiger partial charge in [-0.2, -0.15) is 0 Å². The lowest BCUT2D eigenvalue weighted by Crippen LogP contribution is -2.16. The van der Waals surface area contributed by atoms with Gasteiger partial charge < -0.3 is 24.1 Å². The summed E-state index contributed by atoms with van der Waals surface area (Å²) in [5.41, 5.74) is -0.537. The number of hydrogen-bond donors (Lipinski definition) is 1. The van der Waals surface area contributed by atoms with E-state index in [4.69, 9.17) is 37.1 Å². The number of carboxylic acid groups (broad SMARTS) is 1. The first-order valence-electron chi connectivity index (χ1n) is 7.61. The molecule has 2 heterocycles. The Morgan fingerprint density at radius 1 is 1.19 bits per heavy atom. The Morgan fingerprint density at radius 2 is 1.96 bits per heavy atom. The molecule has 27 heavy (non-hydrogen) atoms. The van der Waals surface area contributed by atoms with Crippen LogP contribution in [0.2, 0.25) is 10.0 Å². The molecular formula is C18H9Cl2O7-. The molecule has 7 nitrogen and oxygen atoms in total. The topological polar surface area (TPSA) is 109 Å². The van der Waals surface area contributed by atoms with Crippen molar-refractivity contribution in [2.45, 2.75) is 6.61 Å². The van der Waals surface area contributed by atoms with Crippen LogP contribution in [0.3, 0.4) is 0 Å². The van der Waals surface area contributed by atoms with Crippen LogP contribution in [0.15, 0.2) is 33.5 Å². The smallest absolute Gasteiger partial charge is 0.335 e. The molecular weight excluding hydrogens is 399 g/mol. The van der Waals surface area contributed by atoms with Crippen molar-refractivity contribution in [3.05, 3.63) is 55.7 Å². The van der Waals surface area contributed by atoms with Crippen LogP contribution in [0.4, 0.5) is 0 Å². The van der Waals surface area contributed by atoms with E-state index < -0.39 is 17.1 Å². The molecule has 4 rings (SSSR count). The quantitative estimate of drug-likeness (QED) is 0.692. The van der Waals surface area contributed by atoms with Gasteiger partial charge in [0, 0.05) is 10.6 Å². The van der Waals surface area contributed by atoms with Crippen LogP contribution < -0.4 is 15.3 Å². The minimum Gasteiger partial charge on any atom is -0.867 e. The maximum Gasteiger partial charge on any atom is 0.335 e. The molecule has 9 heteroatoms. The summed E-state index contributed by atoms with van der Waals surface area (Å²) in [5.74, 6) is -2.32. The van der Waals surface area contributed by atoms with E-state index in [-0.39, 0.29) is 57.1 Å². The Balaban J connectivity index is 2.08. The third-order valence-electron chi connectivity index (χ3n) is 4.07. The van der Waals surface area contributed by atoms with Crippen molar-refractivity contribution >= 4 is 40.1 Å². The highest BCUT2D eigenvalue weighted by Gasteiger charge is 2.23. The molecule has 0 aliphatic carbocycles. The fraction of sp³-hybridized carbons (Fsp3) is 0.111. The summed E-state index contributed by atoms with van der Waals surface area (Å²) in [7, 11) is 0. The zero-order valence-corrected chi connectivity index (χ0v) is 14.9. The predicted molar refractivity (Wildman–Crippen MR) is 94.6 cm³/mol. The van der Waals surface area contributed by atoms with Gasteiger partial charge in [-0.15, -0.1) is 0 Å². The zero-order valence-electron chi connectivity index (χ0n) is 13.4. The Kier molecular flexibility index (Phi) is 4.22. The molecule has 0 spiro atoms. The molecule has 0 saturated heterocycles. The molecule has 0 radical (unpaired) electrons. The number of halogens is 2. The molecule has 0 unspecified atom stereocenters. The first-order valence-corrected chi connectivity index (χ1v) is 8.36. The Bertz CT molecular complexity index is 1170. The molecule has 1 N–H and O–H groups in total. The lowest BCUT2D eigenvalue weighted by atomic mass is 10.0. The van der Waals surface area contributed by atoms with Gasteiger partial charge in [0.2, 0.25) is 0 Å². The van der Waals surface area contributed by atoms with Gasteiger partial charge in [-0.1, -0.05) is 23.2 Å². The number of ether oxygens (including phenoxy) is 2. The second kappa shape index (κ2) is 6.45. The molecule has 0 saturated carbocycles. The number of fused-ring (bicyclic) bond motifs is 2. The van der Waals surface area contributed by atoms with Crippen molar-refractivity contribution in [3.63, 3.8) is 0 Å². The maximum atomic E-state index is 12.6. The van der Waals surface area contributed by atoms with Crippen LogP contribution in [0, 0.1) is 0 Å². The van der Waals surface area contributed by atoms with Gasteiger partial charge in [-0.25, -0.2) is 4.79 Å². The molecule has 0 amide bonds. The van der Waals surface area contributed by atoms with E-state index in [9.17, 15) is 19.8 Å². The first kappa shape index (κ1) is 17.7. The average molecular weight is 408 g/mol. The van der Waals surface area contributed by atoms with Gasteiger partial charge in [0.25, 0.3) is 0 Å². The standard InChI is InChI=1S/C18H10Cl2O7/c19-9-3-10-13(21)14(22)17(27-16(10)12(20)4-9)11-2-7(18(23)24)1-8-5-25-6-26-15(8)11/h1-4,22H,5-6H2,(H,23,24)/p-1. The van der Waals surface area contributed by atoms with Gasteiger partial charge in [0.1, 0.15) is 11.5 Å². The summed E-state index contributed by atoms with van der Waals surface area (Å²) >= 11 is 12.0. The van der Waals surface area contributed by atoms with Crippen molar-refractivity contribution in [1.29, 1.82) is 0 Å². The number of rotatable bonds is 2. The number of carbonyl (C=O) groups is 1. The molecule has 2 aromatic carbocycles. The highest BCUT2D eigenvalue weighted by molar-refractivity contribution is 6.38. The van der Waals surface area contributed by atoms with E-state index in [1.54, 1.807) is 0 Å². The van der Waals surface area contributed by atoms with Crippen LogP contribution >= 0.6 is 23.2 Å². The molecule has 1 aliphatic heterocycles. The monoisotopic (exact) mass is 407 g/mol. The molecule has 1 aromatic heterocycles. The minimum absolute atomic E-state index is 0.0257. The highest BCUT2D eigenvalue weighted by atomic mass is 35.5. The summed E-state index contributed by atoms with van der Waals surface area (Å²) in [6.07, 6.45) is 0. The average Bonchev–Trinajstić information content (AvgIpc) is 2.64. The molecule has 138 valence electrons. The summed E-state index contributed by atoms with van der Waals surface area (Å²) in [4.78, 5) is 24.0. The highest BCUT2D eigenvalue weighted by Crippen LogP contribution is 2.41. The Hall–Kier alpha value is -2.74.